The maximum absolute atomic E-state index is 10.8. The van der Waals surface area contributed by atoms with Gasteiger partial charge < -0.3 is 0 Å². The van der Waals surface area contributed by atoms with E-state index in [1.807, 2.05) is 42.5 Å². The van der Waals surface area contributed by atoms with Crippen molar-refractivity contribution in [1.82, 2.24) is 0 Å². The Morgan fingerprint density at radius 3 is 2.17 bits per heavy atom. The van der Waals surface area contributed by atoms with Gasteiger partial charge in [0.25, 0.3) is 5.69 Å². The normalized spacial score (nSPS) is 11.9. The molecule has 0 bridgehead atoms. The number of benzene rings is 3. The lowest BCUT2D eigenvalue weighted by atomic mass is 10.0. The molecule has 0 aliphatic heterocycles. The third-order valence-corrected chi connectivity index (χ3v) is 5.11. The van der Waals surface area contributed by atoms with E-state index in [0.717, 1.165) is 16.0 Å². The Hall–Kier alpha value is -2.30. The van der Waals surface area contributed by atoms with Gasteiger partial charge in [-0.25, -0.2) is 0 Å². The van der Waals surface area contributed by atoms with E-state index in [-0.39, 0.29) is 15.9 Å². The maximum Gasteiger partial charge on any atom is 0.269 e. The van der Waals surface area contributed by atoms with Crippen LogP contribution in [0.2, 0.25) is 5.02 Å². The lowest BCUT2D eigenvalue weighted by molar-refractivity contribution is -0.384. The highest BCUT2D eigenvalue weighted by Gasteiger charge is 2.16. The molecule has 0 fully saturated rings. The summed E-state index contributed by atoms with van der Waals surface area (Å²) < 4.78 is 0. The summed E-state index contributed by atoms with van der Waals surface area (Å²) in [5, 5.41) is 11.6. The fraction of sp³-hybridized carbons (Fsp3) is 0.0526. The molecule has 0 aliphatic carbocycles. The van der Waals surface area contributed by atoms with Crippen LogP contribution in [0.1, 0.15) is 16.4 Å². The molecule has 1 atom stereocenters. The van der Waals surface area contributed by atoms with Crippen LogP contribution < -0.4 is 0 Å². The number of nitrogens with zero attached hydrogens (tertiary/aromatic N) is 1. The van der Waals surface area contributed by atoms with Crippen molar-refractivity contribution in [1.29, 1.82) is 0 Å². The van der Waals surface area contributed by atoms with Gasteiger partial charge >= 0.3 is 0 Å². The van der Waals surface area contributed by atoms with Crippen molar-refractivity contribution in [2.45, 2.75) is 10.1 Å². The van der Waals surface area contributed by atoms with E-state index in [2.05, 4.69) is 12.1 Å². The Bertz CT molecular complexity index is 838. The Morgan fingerprint density at radius 2 is 1.54 bits per heavy atom. The second-order valence-corrected chi connectivity index (χ2v) is 6.83. The molecule has 24 heavy (non-hydrogen) atoms. The molecule has 0 N–H and O–H groups in total. The van der Waals surface area contributed by atoms with Gasteiger partial charge in [-0.1, -0.05) is 54.1 Å². The molecule has 0 spiro atoms. The molecular formula is C19H14ClNO2S. The van der Waals surface area contributed by atoms with Gasteiger partial charge in [0.2, 0.25) is 0 Å². The van der Waals surface area contributed by atoms with Crippen molar-refractivity contribution >= 4 is 29.1 Å². The van der Waals surface area contributed by atoms with Crippen molar-refractivity contribution in [3.8, 4) is 0 Å². The van der Waals surface area contributed by atoms with E-state index in [4.69, 9.17) is 11.6 Å². The van der Waals surface area contributed by atoms with Gasteiger partial charge in [-0.05, 0) is 35.4 Å². The number of halogens is 1. The number of thioether (sulfide) groups is 1. The molecule has 3 aromatic rings. The van der Waals surface area contributed by atoms with Gasteiger partial charge in [-0.2, -0.15) is 0 Å². The molecule has 0 saturated heterocycles. The monoisotopic (exact) mass is 355 g/mol. The number of rotatable bonds is 5. The van der Waals surface area contributed by atoms with Crippen LogP contribution in [0.3, 0.4) is 0 Å². The summed E-state index contributed by atoms with van der Waals surface area (Å²) in [5.74, 6) is 0. The molecule has 3 aromatic carbocycles. The second kappa shape index (κ2) is 7.51. The third kappa shape index (κ3) is 3.96. The lowest BCUT2D eigenvalue weighted by Crippen LogP contribution is -1.97. The van der Waals surface area contributed by atoms with Gasteiger partial charge in [0, 0.05) is 22.1 Å². The van der Waals surface area contributed by atoms with E-state index in [9.17, 15) is 10.1 Å². The highest BCUT2D eigenvalue weighted by Crippen LogP contribution is 2.41. The van der Waals surface area contributed by atoms with Crippen LogP contribution in [0.15, 0.2) is 83.8 Å². The predicted molar refractivity (Wildman–Crippen MR) is 98.7 cm³/mol. The van der Waals surface area contributed by atoms with E-state index in [1.54, 1.807) is 23.9 Å². The number of nitro groups is 1. The largest absolute Gasteiger partial charge is 0.269 e. The first-order valence-electron chi connectivity index (χ1n) is 7.35. The number of nitro benzene ring substituents is 1. The summed E-state index contributed by atoms with van der Waals surface area (Å²) in [4.78, 5) is 11.4. The summed E-state index contributed by atoms with van der Waals surface area (Å²) in [7, 11) is 0. The van der Waals surface area contributed by atoms with Crippen LogP contribution in [0.4, 0.5) is 5.69 Å². The molecule has 0 aliphatic rings. The zero-order valence-electron chi connectivity index (χ0n) is 12.6. The molecule has 0 saturated carbocycles. The summed E-state index contributed by atoms with van der Waals surface area (Å²) in [5.41, 5.74) is 2.35. The van der Waals surface area contributed by atoms with Crippen LogP contribution in [0.5, 0.6) is 0 Å². The maximum atomic E-state index is 10.8. The van der Waals surface area contributed by atoms with Gasteiger partial charge in [-0.15, -0.1) is 11.8 Å². The molecule has 120 valence electrons. The summed E-state index contributed by atoms with van der Waals surface area (Å²) in [6, 6.07) is 24.5. The molecule has 0 amide bonds. The van der Waals surface area contributed by atoms with Gasteiger partial charge in [0.1, 0.15) is 0 Å². The molecule has 3 nitrogen and oxygen atoms in total. The Morgan fingerprint density at radius 1 is 0.875 bits per heavy atom. The quantitative estimate of drug-likeness (QED) is 0.314. The Kier molecular flexibility index (Phi) is 5.18. The highest BCUT2D eigenvalue weighted by atomic mass is 35.5. The average molecular weight is 356 g/mol. The minimum absolute atomic E-state index is 0.0614. The smallest absolute Gasteiger partial charge is 0.258 e. The fourth-order valence-corrected chi connectivity index (χ4v) is 3.75. The molecule has 5 heteroatoms. The Labute approximate surface area is 149 Å². The van der Waals surface area contributed by atoms with E-state index in [0.29, 0.717) is 5.02 Å². The molecule has 0 unspecified atom stereocenters. The molecule has 0 aromatic heterocycles. The highest BCUT2D eigenvalue weighted by molar-refractivity contribution is 7.99. The first-order chi connectivity index (χ1) is 11.6. The number of non-ortho nitro benzene ring substituents is 1. The van der Waals surface area contributed by atoms with Crippen molar-refractivity contribution < 1.29 is 4.92 Å². The molecular weight excluding hydrogens is 342 g/mol. The van der Waals surface area contributed by atoms with Crippen LogP contribution in [-0.2, 0) is 0 Å². The SMILES string of the molecule is O=[N+]([O-])c1ccc(S[C@@H](c2ccccc2)c2cccc(Cl)c2)cc1. The standard InChI is InChI=1S/C19H14ClNO2S/c20-16-8-4-7-15(13-16)19(14-5-2-1-3-6-14)24-18-11-9-17(10-12-18)21(22)23/h1-13,19H/t19-/m0/s1. The third-order valence-electron chi connectivity index (χ3n) is 3.56. The first-order valence-corrected chi connectivity index (χ1v) is 8.61. The fourth-order valence-electron chi connectivity index (χ4n) is 2.41. The Balaban J connectivity index is 1.94. The predicted octanol–water partition coefficient (Wildman–Crippen LogP) is 6.13. The zero-order valence-corrected chi connectivity index (χ0v) is 14.2. The van der Waals surface area contributed by atoms with Crippen molar-refractivity contribution in [3.05, 3.63) is 105 Å². The van der Waals surface area contributed by atoms with E-state index in [1.165, 1.54) is 12.1 Å². The van der Waals surface area contributed by atoms with Crippen molar-refractivity contribution in [2.75, 3.05) is 0 Å². The van der Waals surface area contributed by atoms with Crippen molar-refractivity contribution in [2.24, 2.45) is 0 Å². The second-order valence-electron chi connectivity index (χ2n) is 5.21. The number of hydrogen-bond acceptors (Lipinski definition) is 3. The minimum Gasteiger partial charge on any atom is -0.258 e. The van der Waals surface area contributed by atoms with Crippen LogP contribution >= 0.6 is 23.4 Å². The van der Waals surface area contributed by atoms with Gasteiger partial charge in [0.15, 0.2) is 0 Å². The zero-order chi connectivity index (χ0) is 16.9. The topological polar surface area (TPSA) is 43.1 Å². The van der Waals surface area contributed by atoms with E-state index >= 15 is 0 Å². The lowest BCUT2D eigenvalue weighted by Gasteiger charge is -2.18. The molecule has 0 heterocycles. The summed E-state index contributed by atoms with van der Waals surface area (Å²) in [6.45, 7) is 0. The van der Waals surface area contributed by atoms with E-state index < -0.39 is 0 Å². The van der Waals surface area contributed by atoms with Gasteiger partial charge in [0.05, 0.1) is 10.2 Å². The molecule has 0 radical (unpaired) electrons. The summed E-state index contributed by atoms with van der Waals surface area (Å²) in [6.07, 6.45) is 0. The molecule has 3 rings (SSSR count). The van der Waals surface area contributed by atoms with Crippen LogP contribution in [0, 0.1) is 10.1 Å². The first kappa shape index (κ1) is 16.6. The summed E-state index contributed by atoms with van der Waals surface area (Å²) >= 11 is 7.79. The van der Waals surface area contributed by atoms with Crippen LogP contribution in [0.25, 0.3) is 0 Å². The minimum atomic E-state index is -0.389. The van der Waals surface area contributed by atoms with Crippen LogP contribution in [-0.4, -0.2) is 4.92 Å². The van der Waals surface area contributed by atoms with Gasteiger partial charge in [-0.3, -0.25) is 10.1 Å². The van der Waals surface area contributed by atoms with Crippen molar-refractivity contribution in [3.63, 3.8) is 0 Å². The average Bonchev–Trinajstić information content (AvgIpc) is 2.61. The number of hydrogen-bond donors (Lipinski definition) is 0.